The van der Waals surface area contributed by atoms with Crippen molar-refractivity contribution >= 4 is 15.9 Å². The van der Waals surface area contributed by atoms with Crippen molar-refractivity contribution in [2.24, 2.45) is 11.3 Å². The first kappa shape index (κ1) is 10.8. The fourth-order valence-electron chi connectivity index (χ4n) is 1.29. The quantitative estimate of drug-likeness (QED) is 0.736. The van der Waals surface area contributed by atoms with E-state index in [2.05, 4.69) is 36.7 Å². The molecule has 1 aromatic rings. The number of hydrogen-bond donors (Lipinski definition) is 0. The highest BCUT2D eigenvalue weighted by molar-refractivity contribution is 9.09. The summed E-state index contributed by atoms with van der Waals surface area (Å²) >= 11 is 3.57. The summed E-state index contributed by atoms with van der Waals surface area (Å²) in [7, 11) is 0. The standard InChI is InChI=1S/C11H17BrO/c1-11(2,3)10(7-12)6-9-4-5-13-8-9/h4-5,8,10H,6-7H2,1-3H3. The van der Waals surface area contributed by atoms with Gasteiger partial charge in [-0.15, -0.1) is 0 Å². The zero-order valence-electron chi connectivity index (χ0n) is 8.51. The van der Waals surface area contributed by atoms with Gasteiger partial charge in [-0.25, -0.2) is 0 Å². The van der Waals surface area contributed by atoms with E-state index in [1.54, 1.807) is 6.26 Å². The molecule has 0 spiro atoms. The van der Waals surface area contributed by atoms with Gasteiger partial charge in [-0.3, -0.25) is 0 Å². The van der Waals surface area contributed by atoms with Crippen LogP contribution in [0.15, 0.2) is 23.0 Å². The van der Waals surface area contributed by atoms with Crippen LogP contribution in [0.1, 0.15) is 26.3 Å². The van der Waals surface area contributed by atoms with Crippen molar-refractivity contribution in [1.29, 1.82) is 0 Å². The second kappa shape index (κ2) is 4.32. The number of halogens is 1. The Morgan fingerprint density at radius 1 is 1.46 bits per heavy atom. The lowest BCUT2D eigenvalue weighted by Gasteiger charge is -2.28. The van der Waals surface area contributed by atoms with Gasteiger partial charge in [0.2, 0.25) is 0 Å². The predicted molar refractivity (Wildman–Crippen MR) is 59.2 cm³/mol. The molecule has 0 aliphatic carbocycles. The maximum absolute atomic E-state index is 5.06. The van der Waals surface area contributed by atoms with Crippen LogP contribution in [0.2, 0.25) is 0 Å². The van der Waals surface area contributed by atoms with E-state index in [1.807, 2.05) is 12.3 Å². The van der Waals surface area contributed by atoms with E-state index in [9.17, 15) is 0 Å². The molecule has 0 N–H and O–H groups in total. The van der Waals surface area contributed by atoms with Crippen molar-refractivity contribution in [2.45, 2.75) is 27.2 Å². The first-order valence-corrected chi connectivity index (χ1v) is 5.73. The van der Waals surface area contributed by atoms with Crippen molar-refractivity contribution in [1.82, 2.24) is 0 Å². The van der Waals surface area contributed by atoms with Gasteiger partial charge in [0, 0.05) is 5.33 Å². The fourth-order valence-corrected chi connectivity index (χ4v) is 2.49. The number of furan rings is 1. The highest BCUT2D eigenvalue weighted by Crippen LogP contribution is 2.30. The molecule has 1 atom stereocenters. The SMILES string of the molecule is CC(C)(C)C(CBr)Cc1ccoc1. The van der Waals surface area contributed by atoms with Crippen molar-refractivity contribution in [2.75, 3.05) is 5.33 Å². The van der Waals surface area contributed by atoms with Gasteiger partial charge >= 0.3 is 0 Å². The van der Waals surface area contributed by atoms with E-state index in [4.69, 9.17) is 4.42 Å². The zero-order chi connectivity index (χ0) is 9.90. The van der Waals surface area contributed by atoms with Crippen LogP contribution in [0.5, 0.6) is 0 Å². The van der Waals surface area contributed by atoms with Crippen LogP contribution in [-0.2, 0) is 6.42 Å². The van der Waals surface area contributed by atoms with Crippen molar-refractivity contribution in [3.05, 3.63) is 24.2 Å². The van der Waals surface area contributed by atoms with E-state index in [0.717, 1.165) is 11.8 Å². The molecule has 0 aromatic carbocycles. The van der Waals surface area contributed by atoms with Crippen molar-refractivity contribution in [3.63, 3.8) is 0 Å². The van der Waals surface area contributed by atoms with Crippen molar-refractivity contribution in [3.8, 4) is 0 Å². The molecule has 0 fully saturated rings. The van der Waals surface area contributed by atoms with Crippen LogP contribution < -0.4 is 0 Å². The molecule has 0 bridgehead atoms. The largest absolute Gasteiger partial charge is 0.472 e. The van der Waals surface area contributed by atoms with Gasteiger partial charge in [-0.1, -0.05) is 36.7 Å². The molecule has 74 valence electrons. The lowest BCUT2D eigenvalue weighted by atomic mass is 9.79. The average molecular weight is 245 g/mol. The molecule has 1 unspecified atom stereocenters. The average Bonchev–Trinajstić information content (AvgIpc) is 2.49. The van der Waals surface area contributed by atoms with Crippen LogP contribution in [0.3, 0.4) is 0 Å². The van der Waals surface area contributed by atoms with Gasteiger partial charge in [-0.2, -0.15) is 0 Å². The van der Waals surface area contributed by atoms with Gasteiger partial charge in [0.1, 0.15) is 0 Å². The Labute approximate surface area is 88.6 Å². The molecular formula is C11H17BrO. The molecule has 0 saturated carbocycles. The van der Waals surface area contributed by atoms with Gasteiger partial charge < -0.3 is 4.42 Å². The van der Waals surface area contributed by atoms with Crippen LogP contribution >= 0.6 is 15.9 Å². The minimum absolute atomic E-state index is 0.348. The lowest BCUT2D eigenvalue weighted by Crippen LogP contribution is -2.23. The van der Waals surface area contributed by atoms with Gasteiger partial charge in [-0.05, 0) is 29.4 Å². The second-order valence-electron chi connectivity index (χ2n) is 4.55. The maximum atomic E-state index is 5.06. The summed E-state index contributed by atoms with van der Waals surface area (Å²) in [6, 6.07) is 2.04. The number of rotatable bonds is 3. The Morgan fingerprint density at radius 3 is 2.54 bits per heavy atom. The summed E-state index contributed by atoms with van der Waals surface area (Å²) in [5, 5.41) is 1.04. The minimum Gasteiger partial charge on any atom is -0.472 e. The van der Waals surface area contributed by atoms with Crippen LogP contribution in [0.25, 0.3) is 0 Å². The van der Waals surface area contributed by atoms with Gasteiger partial charge in [0.05, 0.1) is 12.5 Å². The first-order chi connectivity index (χ1) is 6.04. The Bertz CT molecular complexity index is 233. The summed E-state index contributed by atoms with van der Waals surface area (Å²) in [6.45, 7) is 6.83. The normalized spacial score (nSPS) is 14.5. The van der Waals surface area contributed by atoms with Crippen LogP contribution in [-0.4, -0.2) is 5.33 Å². The molecule has 13 heavy (non-hydrogen) atoms. The molecule has 0 amide bonds. The summed E-state index contributed by atoms with van der Waals surface area (Å²) in [6.07, 6.45) is 4.66. The molecule has 1 heterocycles. The molecule has 2 heteroatoms. The van der Waals surface area contributed by atoms with E-state index in [-0.39, 0.29) is 0 Å². The van der Waals surface area contributed by atoms with Crippen molar-refractivity contribution < 1.29 is 4.42 Å². The van der Waals surface area contributed by atoms with Gasteiger partial charge in [0.15, 0.2) is 0 Å². The number of hydrogen-bond acceptors (Lipinski definition) is 1. The molecule has 1 nitrogen and oxygen atoms in total. The minimum atomic E-state index is 0.348. The molecule has 0 radical (unpaired) electrons. The summed E-state index contributed by atoms with van der Waals surface area (Å²) in [4.78, 5) is 0. The van der Waals surface area contributed by atoms with E-state index < -0.39 is 0 Å². The monoisotopic (exact) mass is 244 g/mol. The number of alkyl halides is 1. The summed E-state index contributed by atoms with van der Waals surface area (Å²) in [5.41, 5.74) is 1.64. The molecule has 0 saturated heterocycles. The molecular weight excluding hydrogens is 228 g/mol. The zero-order valence-corrected chi connectivity index (χ0v) is 10.1. The Morgan fingerprint density at radius 2 is 2.15 bits per heavy atom. The highest BCUT2D eigenvalue weighted by Gasteiger charge is 2.23. The molecule has 0 aliphatic heterocycles. The smallest absolute Gasteiger partial charge is 0.0934 e. The first-order valence-electron chi connectivity index (χ1n) is 4.61. The van der Waals surface area contributed by atoms with E-state index in [0.29, 0.717) is 11.3 Å². The maximum Gasteiger partial charge on any atom is 0.0934 e. The molecule has 0 aliphatic rings. The van der Waals surface area contributed by atoms with Crippen LogP contribution in [0.4, 0.5) is 0 Å². The molecule has 1 aromatic heterocycles. The fraction of sp³-hybridized carbons (Fsp3) is 0.636. The van der Waals surface area contributed by atoms with E-state index in [1.165, 1.54) is 5.56 Å². The molecule has 1 rings (SSSR count). The Hall–Kier alpha value is -0.240. The second-order valence-corrected chi connectivity index (χ2v) is 5.20. The van der Waals surface area contributed by atoms with Gasteiger partial charge in [0.25, 0.3) is 0 Å². The topological polar surface area (TPSA) is 13.1 Å². The Balaban J connectivity index is 2.60. The third kappa shape index (κ3) is 3.18. The summed E-state index contributed by atoms with van der Waals surface area (Å²) in [5.74, 6) is 0.658. The highest BCUT2D eigenvalue weighted by atomic mass is 79.9. The summed E-state index contributed by atoms with van der Waals surface area (Å²) < 4.78 is 5.06. The predicted octanol–water partition coefficient (Wildman–Crippen LogP) is 3.88. The van der Waals surface area contributed by atoms with E-state index >= 15 is 0 Å². The third-order valence-corrected chi connectivity index (χ3v) is 3.25. The third-order valence-electron chi connectivity index (χ3n) is 2.47. The van der Waals surface area contributed by atoms with Crippen LogP contribution in [0, 0.1) is 11.3 Å². The Kier molecular flexibility index (Phi) is 3.60. The lowest BCUT2D eigenvalue weighted by molar-refractivity contribution is 0.266.